The molecule has 3 amide bonds. The number of carboxylic acid groups (broad SMARTS) is 1. The third-order valence-corrected chi connectivity index (χ3v) is 6.08. The minimum Gasteiger partial charge on any atom is -0.480 e. The van der Waals surface area contributed by atoms with Gasteiger partial charge in [0.05, 0.1) is 12.4 Å². The number of nitrogens with two attached hydrogens (primary N) is 2. The monoisotopic (exact) mass is 513 g/mol. The molecule has 0 aliphatic rings. The fourth-order valence-electron chi connectivity index (χ4n) is 3.20. The van der Waals surface area contributed by atoms with Gasteiger partial charge in [0, 0.05) is 18.3 Å². The van der Waals surface area contributed by atoms with Crippen molar-refractivity contribution in [3.8, 4) is 0 Å². The van der Waals surface area contributed by atoms with E-state index >= 15 is 0 Å². The van der Waals surface area contributed by atoms with Crippen molar-refractivity contribution in [2.75, 3.05) is 18.6 Å². The molecule has 4 atom stereocenters. The molecule has 0 saturated carbocycles. The number of hydrogen-bond acceptors (Lipinski definition) is 8. The van der Waals surface area contributed by atoms with Crippen molar-refractivity contribution < 1.29 is 24.3 Å². The van der Waals surface area contributed by atoms with Gasteiger partial charge in [0.15, 0.2) is 0 Å². The van der Waals surface area contributed by atoms with Gasteiger partial charge in [-0.2, -0.15) is 11.8 Å². The van der Waals surface area contributed by atoms with Gasteiger partial charge in [-0.25, -0.2) is 9.78 Å². The van der Waals surface area contributed by atoms with Crippen LogP contribution in [0, 0.1) is 5.92 Å². The zero-order valence-electron chi connectivity index (χ0n) is 20.6. The van der Waals surface area contributed by atoms with Crippen molar-refractivity contribution in [2.45, 2.75) is 70.1 Å². The van der Waals surface area contributed by atoms with Crippen molar-refractivity contribution in [3.05, 3.63) is 18.2 Å². The second-order valence-corrected chi connectivity index (χ2v) is 9.62. The highest BCUT2D eigenvalue weighted by Gasteiger charge is 2.30. The summed E-state index contributed by atoms with van der Waals surface area (Å²) in [6.45, 7) is 4.03. The van der Waals surface area contributed by atoms with Gasteiger partial charge in [-0.15, -0.1) is 0 Å². The van der Waals surface area contributed by atoms with Crippen LogP contribution in [-0.4, -0.2) is 81.5 Å². The number of rotatable bonds is 17. The second-order valence-electron chi connectivity index (χ2n) is 8.64. The van der Waals surface area contributed by atoms with Gasteiger partial charge in [-0.1, -0.05) is 13.8 Å². The molecular weight excluding hydrogens is 474 g/mol. The number of amides is 3. The number of nitrogens with one attached hydrogen (secondary N) is 4. The van der Waals surface area contributed by atoms with E-state index in [1.807, 2.05) is 6.26 Å². The Bertz CT molecular complexity index is 806. The Kier molecular flexibility index (Phi) is 14.0. The van der Waals surface area contributed by atoms with Gasteiger partial charge in [0.1, 0.15) is 18.1 Å². The topological polar surface area (TPSA) is 205 Å². The number of aromatic nitrogens is 2. The molecule has 12 nitrogen and oxygen atoms in total. The summed E-state index contributed by atoms with van der Waals surface area (Å²) in [5, 5.41) is 17.4. The van der Waals surface area contributed by atoms with Gasteiger partial charge >= 0.3 is 5.97 Å². The molecule has 0 spiro atoms. The predicted molar refractivity (Wildman–Crippen MR) is 134 cm³/mol. The third-order valence-electron chi connectivity index (χ3n) is 5.44. The molecule has 4 unspecified atom stereocenters. The van der Waals surface area contributed by atoms with Crippen molar-refractivity contribution in [1.82, 2.24) is 25.9 Å². The minimum absolute atomic E-state index is 0.00400. The number of hydrogen-bond donors (Lipinski definition) is 7. The van der Waals surface area contributed by atoms with E-state index in [0.29, 0.717) is 37.3 Å². The summed E-state index contributed by atoms with van der Waals surface area (Å²) in [6, 6.07) is -3.87. The van der Waals surface area contributed by atoms with Crippen molar-refractivity contribution in [3.63, 3.8) is 0 Å². The number of unbranched alkanes of at least 4 members (excludes halogenated alkanes) is 1. The number of aromatic amines is 1. The Morgan fingerprint density at radius 2 is 1.63 bits per heavy atom. The standard InChI is InChI=1S/C22H39N7O5S/c1-13(2)18(24)21(32)28-16(7-9-35-3)20(31)27-15(6-4-5-8-23)19(30)29-17(22(33)34)10-14-11-25-12-26-14/h11-13,15-18H,4-10,23-24H2,1-3H3,(H,25,26)(H,27,31)(H,28,32)(H,29,30)(H,33,34). The lowest BCUT2D eigenvalue weighted by Crippen LogP contribution is -2.57. The Morgan fingerprint density at radius 1 is 1.03 bits per heavy atom. The fourth-order valence-corrected chi connectivity index (χ4v) is 3.67. The molecule has 1 aromatic rings. The van der Waals surface area contributed by atoms with Crippen LogP contribution in [-0.2, 0) is 25.6 Å². The highest BCUT2D eigenvalue weighted by Crippen LogP contribution is 2.08. The number of thioether (sulfide) groups is 1. The molecule has 0 bridgehead atoms. The lowest BCUT2D eigenvalue weighted by Gasteiger charge is -2.25. The lowest BCUT2D eigenvalue weighted by atomic mass is 10.0. The van der Waals surface area contributed by atoms with Crippen LogP contribution in [0.4, 0.5) is 0 Å². The molecule has 35 heavy (non-hydrogen) atoms. The van der Waals surface area contributed by atoms with E-state index in [9.17, 15) is 24.3 Å². The van der Waals surface area contributed by atoms with E-state index < -0.39 is 47.9 Å². The van der Waals surface area contributed by atoms with Gasteiger partial charge in [0.2, 0.25) is 17.7 Å². The first-order chi connectivity index (χ1) is 16.6. The molecule has 0 aromatic carbocycles. The maximum atomic E-state index is 13.1. The molecule has 0 radical (unpaired) electrons. The smallest absolute Gasteiger partial charge is 0.326 e. The number of nitrogens with zero attached hydrogens (tertiary/aromatic N) is 1. The molecule has 0 saturated heterocycles. The highest BCUT2D eigenvalue weighted by atomic mass is 32.2. The zero-order chi connectivity index (χ0) is 26.4. The normalized spacial score (nSPS) is 14.6. The third kappa shape index (κ3) is 11.1. The number of carbonyl (C=O) groups is 4. The molecule has 0 aliphatic carbocycles. The number of imidazole rings is 1. The first kappa shape index (κ1) is 30.4. The molecule has 198 valence electrons. The summed E-state index contributed by atoms with van der Waals surface area (Å²) in [7, 11) is 0. The van der Waals surface area contributed by atoms with E-state index in [-0.39, 0.29) is 18.8 Å². The predicted octanol–water partition coefficient (Wildman–Crippen LogP) is -0.643. The van der Waals surface area contributed by atoms with Crippen LogP contribution >= 0.6 is 11.8 Å². The summed E-state index contributed by atoms with van der Waals surface area (Å²) in [6.07, 6.45) is 6.57. The van der Waals surface area contributed by atoms with Gasteiger partial charge < -0.3 is 37.5 Å². The first-order valence-electron chi connectivity index (χ1n) is 11.7. The Morgan fingerprint density at radius 3 is 2.14 bits per heavy atom. The Hall–Kier alpha value is -2.64. The van der Waals surface area contributed by atoms with E-state index in [2.05, 4.69) is 25.9 Å². The van der Waals surface area contributed by atoms with Crippen LogP contribution in [0.15, 0.2) is 12.5 Å². The maximum Gasteiger partial charge on any atom is 0.326 e. The molecule has 13 heteroatoms. The van der Waals surface area contributed by atoms with Gasteiger partial charge in [-0.3, -0.25) is 14.4 Å². The van der Waals surface area contributed by atoms with Crippen molar-refractivity contribution >= 4 is 35.5 Å². The summed E-state index contributed by atoms with van der Waals surface area (Å²) in [5.74, 6) is -2.33. The van der Waals surface area contributed by atoms with Gasteiger partial charge in [-0.05, 0) is 50.2 Å². The SMILES string of the molecule is CSCCC(NC(=O)C(N)C(C)C)C(=O)NC(CCCCN)C(=O)NC(Cc1cnc[nH]1)C(=O)O. The van der Waals surface area contributed by atoms with Gasteiger partial charge in [0.25, 0.3) is 0 Å². The summed E-state index contributed by atoms with van der Waals surface area (Å²) in [4.78, 5) is 57.0. The van der Waals surface area contributed by atoms with Crippen LogP contribution < -0.4 is 27.4 Å². The number of carboxylic acids is 1. The molecule has 1 aromatic heterocycles. The molecule has 0 fully saturated rings. The maximum absolute atomic E-state index is 13.1. The zero-order valence-corrected chi connectivity index (χ0v) is 21.4. The van der Waals surface area contributed by atoms with Crippen LogP contribution in [0.5, 0.6) is 0 Å². The number of carbonyl (C=O) groups excluding carboxylic acids is 3. The number of aliphatic carboxylic acids is 1. The summed E-state index contributed by atoms with van der Waals surface area (Å²) in [5.41, 5.74) is 12.0. The van der Waals surface area contributed by atoms with Crippen molar-refractivity contribution in [2.24, 2.45) is 17.4 Å². The quantitative estimate of drug-likeness (QED) is 0.132. The van der Waals surface area contributed by atoms with E-state index in [1.165, 1.54) is 24.3 Å². The summed E-state index contributed by atoms with van der Waals surface area (Å²) >= 11 is 1.52. The van der Waals surface area contributed by atoms with Crippen LogP contribution in [0.3, 0.4) is 0 Å². The lowest BCUT2D eigenvalue weighted by molar-refractivity contribution is -0.142. The molecule has 9 N–H and O–H groups in total. The Balaban J connectivity index is 2.96. The largest absolute Gasteiger partial charge is 0.480 e. The average molecular weight is 514 g/mol. The van der Waals surface area contributed by atoms with Crippen LogP contribution in [0.1, 0.15) is 45.2 Å². The second kappa shape index (κ2) is 16.1. The average Bonchev–Trinajstić information content (AvgIpc) is 3.32. The molecule has 0 aliphatic heterocycles. The fraction of sp³-hybridized carbons (Fsp3) is 0.682. The summed E-state index contributed by atoms with van der Waals surface area (Å²) < 4.78 is 0. The molecule has 1 rings (SSSR count). The van der Waals surface area contributed by atoms with Crippen LogP contribution in [0.25, 0.3) is 0 Å². The van der Waals surface area contributed by atoms with E-state index in [1.54, 1.807) is 13.8 Å². The van der Waals surface area contributed by atoms with Crippen LogP contribution in [0.2, 0.25) is 0 Å². The first-order valence-corrected chi connectivity index (χ1v) is 13.1. The van der Waals surface area contributed by atoms with E-state index in [0.717, 1.165) is 0 Å². The number of H-pyrrole nitrogens is 1. The molecular formula is C22H39N7O5S. The van der Waals surface area contributed by atoms with E-state index in [4.69, 9.17) is 11.5 Å². The highest BCUT2D eigenvalue weighted by molar-refractivity contribution is 7.98. The molecule has 1 heterocycles. The minimum atomic E-state index is -1.22. The Labute approximate surface area is 210 Å². The van der Waals surface area contributed by atoms with Crippen molar-refractivity contribution in [1.29, 1.82) is 0 Å².